The largest absolute Gasteiger partial charge is 0.497 e. The van der Waals surface area contributed by atoms with Crippen molar-refractivity contribution in [2.24, 2.45) is 0 Å². The summed E-state index contributed by atoms with van der Waals surface area (Å²) in [5.74, 6) is 1.22. The summed E-state index contributed by atoms with van der Waals surface area (Å²) in [5.41, 5.74) is 1.71. The van der Waals surface area contributed by atoms with Gasteiger partial charge in [0.25, 0.3) is 0 Å². The lowest BCUT2D eigenvalue weighted by atomic mass is 10.1. The summed E-state index contributed by atoms with van der Waals surface area (Å²) in [6.45, 7) is -0.222. The lowest BCUT2D eigenvalue weighted by Gasteiger charge is -2.21. The number of ether oxygens (including phenoxy) is 3. The lowest BCUT2D eigenvalue weighted by Crippen LogP contribution is -2.16. The zero-order chi connectivity index (χ0) is 24.6. The van der Waals surface area contributed by atoms with Crippen LogP contribution < -0.4 is 9.47 Å². The first-order valence-corrected chi connectivity index (χ1v) is 12.8. The van der Waals surface area contributed by atoms with Crippen molar-refractivity contribution in [3.8, 4) is 11.5 Å². The molecule has 9 nitrogen and oxygen atoms in total. The summed E-state index contributed by atoms with van der Waals surface area (Å²) in [6, 6.07) is 14.6. The van der Waals surface area contributed by atoms with Crippen LogP contribution in [0.25, 0.3) is 0 Å². The van der Waals surface area contributed by atoms with Crippen molar-refractivity contribution < 1.29 is 41.9 Å². The Labute approximate surface area is 202 Å². The van der Waals surface area contributed by atoms with E-state index in [2.05, 4.69) is 0 Å². The molecule has 1 saturated heterocycles. The maximum absolute atomic E-state index is 12.1. The van der Waals surface area contributed by atoms with E-state index in [1.807, 2.05) is 30.3 Å². The molecule has 0 saturated carbocycles. The second kappa shape index (κ2) is 12.5. The Balaban J connectivity index is 1.63. The highest BCUT2D eigenvalue weighted by atomic mass is 32.2. The molecule has 1 fully saturated rings. The molecule has 1 aliphatic heterocycles. The van der Waals surface area contributed by atoms with E-state index in [0.29, 0.717) is 17.9 Å². The zero-order valence-electron chi connectivity index (χ0n) is 19.1. The summed E-state index contributed by atoms with van der Waals surface area (Å²) in [5, 5.41) is -0.393. The highest BCUT2D eigenvalue weighted by molar-refractivity contribution is 8.15. The van der Waals surface area contributed by atoms with E-state index in [9.17, 15) is 14.2 Å². The number of thioether (sulfide) groups is 1. The summed E-state index contributed by atoms with van der Waals surface area (Å²) in [6.07, 6.45) is -0.0622. The van der Waals surface area contributed by atoms with Crippen molar-refractivity contribution in [2.45, 2.75) is 24.2 Å². The van der Waals surface area contributed by atoms with Gasteiger partial charge in [-0.05, 0) is 41.8 Å². The van der Waals surface area contributed by atoms with Gasteiger partial charge in [-0.1, -0.05) is 36.0 Å². The minimum atomic E-state index is -3.69. The monoisotopic (exact) mass is 510 g/mol. The number of ketones is 1. The second-order valence-corrected chi connectivity index (χ2v) is 10.4. The Hall–Kier alpha value is -2.20. The molecule has 0 radical (unpaired) electrons. The van der Waals surface area contributed by atoms with Crippen LogP contribution in [0.3, 0.4) is 0 Å². The van der Waals surface area contributed by atoms with Crippen LogP contribution in [-0.2, 0) is 38.9 Å². The van der Waals surface area contributed by atoms with E-state index in [4.69, 9.17) is 27.8 Å². The first-order valence-electron chi connectivity index (χ1n) is 10.4. The summed E-state index contributed by atoms with van der Waals surface area (Å²) < 4.78 is 43.7. The molecule has 0 spiro atoms. The molecule has 0 bridgehead atoms. The Morgan fingerprint density at radius 2 is 1.76 bits per heavy atom. The molecule has 184 valence electrons. The SMILES string of the molecule is COc1cccc(C(COc2ccc(CC3SC(=O)CC3=O)cc2)OCOP(=O)(OC)OC)c1. The van der Waals surface area contributed by atoms with Crippen molar-refractivity contribution in [1.82, 2.24) is 0 Å². The number of phosphoric ester groups is 1. The molecule has 0 aromatic heterocycles. The summed E-state index contributed by atoms with van der Waals surface area (Å²) >= 11 is 1.10. The average molecular weight is 511 g/mol. The molecule has 34 heavy (non-hydrogen) atoms. The van der Waals surface area contributed by atoms with Gasteiger partial charge in [0.1, 0.15) is 24.2 Å². The fourth-order valence-corrected chi connectivity index (χ4v) is 4.81. The van der Waals surface area contributed by atoms with Gasteiger partial charge in [0.15, 0.2) is 17.7 Å². The Bertz CT molecular complexity index is 1020. The number of carbonyl (C=O) groups is 2. The zero-order valence-corrected chi connectivity index (χ0v) is 20.8. The van der Waals surface area contributed by atoms with Gasteiger partial charge in [0.05, 0.1) is 18.8 Å². The molecule has 2 aromatic rings. The highest BCUT2D eigenvalue weighted by Crippen LogP contribution is 2.47. The molecule has 2 aromatic carbocycles. The predicted octanol–water partition coefficient (Wildman–Crippen LogP) is 4.35. The van der Waals surface area contributed by atoms with E-state index < -0.39 is 13.9 Å². The van der Waals surface area contributed by atoms with Gasteiger partial charge in [-0.2, -0.15) is 0 Å². The fraction of sp³-hybridized carbons (Fsp3) is 0.391. The van der Waals surface area contributed by atoms with Gasteiger partial charge in [-0.25, -0.2) is 4.57 Å². The highest BCUT2D eigenvalue weighted by Gasteiger charge is 2.31. The van der Waals surface area contributed by atoms with Crippen molar-refractivity contribution in [3.63, 3.8) is 0 Å². The van der Waals surface area contributed by atoms with E-state index in [0.717, 1.165) is 22.9 Å². The van der Waals surface area contributed by atoms with Gasteiger partial charge < -0.3 is 14.2 Å². The maximum Gasteiger partial charge on any atom is 0.476 e. The van der Waals surface area contributed by atoms with Crippen molar-refractivity contribution >= 4 is 30.5 Å². The topological polar surface area (TPSA) is 107 Å². The Kier molecular flexibility index (Phi) is 9.70. The molecule has 11 heteroatoms. The number of Topliss-reactive ketones (excluding diaryl/α,β-unsaturated/α-hetero) is 1. The normalized spacial score (nSPS) is 17.1. The minimum Gasteiger partial charge on any atom is -0.497 e. The predicted molar refractivity (Wildman–Crippen MR) is 126 cm³/mol. The molecule has 0 amide bonds. The number of carbonyl (C=O) groups excluding carboxylic acids is 2. The molecule has 0 aliphatic carbocycles. The van der Waals surface area contributed by atoms with Crippen LogP contribution in [0.2, 0.25) is 0 Å². The molecule has 2 atom stereocenters. The van der Waals surface area contributed by atoms with Crippen LogP contribution in [-0.4, -0.2) is 50.9 Å². The summed E-state index contributed by atoms with van der Waals surface area (Å²) in [4.78, 5) is 23.3. The van der Waals surface area contributed by atoms with Crippen LogP contribution >= 0.6 is 19.6 Å². The Morgan fingerprint density at radius 1 is 1.03 bits per heavy atom. The smallest absolute Gasteiger partial charge is 0.476 e. The quantitative estimate of drug-likeness (QED) is 0.219. The molecule has 0 N–H and O–H groups in total. The third-order valence-electron chi connectivity index (χ3n) is 5.09. The third-order valence-corrected chi connectivity index (χ3v) is 7.53. The number of phosphoric acid groups is 1. The van der Waals surface area contributed by atoms with E-state index in [-0.39, 0.29) is 36.0 Å². The van der Waals surface area contributed by atoms with E-state index in [1.54, 1.807) is 25.3 Å². The standard InChI is InChI=1S/C23H27O9PS/c1-27-19-6-4-5-17(12-19)21(31-15-32-33(26,28-2)29-3)14-30-18-9-7-16(8-10-18)11-22-20(24)13-23(25)34-22/h4-10,12,21-22H,11,13-15H2,1-3H3. The van der Waals surface area contributed by atoms with Crippen LogP contribution in [0.5, 0.6) is 11.5 Å². The number of rotatable bonds is 13. The first-order chi connectivity index (χ1) is 16.4. The lowest BCUT2D eigenvalue weighted by molar-refractivity contribution is -0.121. The van der Waals surface area contributed by atoms with Crippen LogP contribution in [0.4, 0.5) is 0 Å². The van der Waals surface area contributed by atoms with Gasteiger partial charge in [0, 0.05) is 14.2 Å². The van der Waals surface area contributed by atoms with Gasteiger partial charge >= 0.3 is 7.82 Å². The van der Waals surface area contributed by atoms with E-state index >= 15 is 0 Å². The van der Waals surface area contributed by atoms with Crippen LogP contribution in [0.1, 0.15) is 23.7 Å². The fourth-order valence-electron chi connectivity index (χ4n) is 3.22. The van der Waals surface area contributed by atoms with Gasteiger partial charge in [-0.15, -0.1) is 0 Å². The number of hydrogen-bond acceptors (Lipinski definition) is 10. The van der Waals surface area contributed by atoms with E-state index in [1.165, 1.54) is 14.2 Å². The third kappa shape index (κ3) is 7.40. The van der Waals surface area contributed by atoms with Gasteiger partial charge in [-0.3, -0.25) is 23.2 Å². The Morgan fingerprint density at radius 3 is 2.38 bits per heavy atom. The number of hydrogen-bond donors (Lipinski definition) is 0. The molecule has 2 unspecified atom stereocenters. The minimum absolute atomic E-state index is 0.0100. The molecular weight excluding hydrogens is 483 g/mol. The maximum atomic E-state index is 12.1. The second-order valence-electron chi connectivity index (χ2n) is 7.27. The number of methoxy groups -OCH3 is 1. The first kappa shape index (κ1) is 26.4. The average Bonchev–Trinajstić information content (AvgIpc) is 3.18. The van der Waals surface area contributed by atoms with Crippen molar-refractivity contribution in [2.75, 3.05) is 34.7 Å². The van der Waals surface area contributed by atoms with Crippen LogP contribution in [0, 0.1) is 0 Å². The molecule has 1 aliphatic rings. The van der Waals surface area contributed by atoms with Crippen molar-refractivity contribution in [1.29, 1.82) is 0 Å². The molecule has 3 rings (SSSR count). The van der Waals surface area contributed by atoms with Gasteiger partial charge in [0.2, 0.25) is 0 Å². The molecular formula is C23H27O9PS. The molecule has 1 heterocycles. The summed E-state index contributed by atoms with van der Waals surface area (Å²) in [7, 11) is 0.317. The van der Waals surface area contributed by atoms with Crippen LogP contribution in [0.15, 0.2) is 48.5 Å². The van der Waals surface area contributed by atoms with Crippen molar-refractivity contribution in [3.05, 3.63) is 59.7 Å². The number of benzene rings is 2.